The number of carbonyl (C=O) groups is 2. The third kappa shape index (κ3) is 8.83. The van der Waals surface area contributed by atoms with Crippen molar-refractivity contribution in [2.75, 3.05) is 27.2 Å². The van der Waals surface area contributed by atoms with Crippen LogP contribution >= 0.6 is 0 Å². The Morgan fingerprint density at radius 3 is 1.91 bits per heavy atom. The van der Waals surface area contributed by atoms with Gasteiger partial charge < -0.3 is 19.8 Å². The van der Waals surface area contributed by atoms with Crippen LogP contribution in [-0.4, -0.2) is 54.3 Å². The van der Waals surface area contributed by atoms with E-state index in [2.05, 4.69) is 64.0 Å². The van der Waals surface area contributed by atoms with Crippen LogP contribution in [0.1, 0.15) is 32.8 Å². The van der Waals surface area contributed by atoms with Crippen LogP contribution in [0.2, 0.25) is 0 Å². The van der Waals surface area contributed by atoms with Crippen LogP contribution in [0.5, 0.6) is 5.75 Å². The molecule has 1 aromatic carbocycles. The summed E-state index contributed by atoms with van der Waals surface area (Å²) in [6.45, 7) is 8.46. The first kappa shape index (κ1) is 20.9. The number of rotatable bonds is 6. The van der Waals surface area contributed by atoms with E-state index in [4.69, 9.17) is 24.5 Å². The molecule has 0 spiro atoms. The molecule has 6 nitrogen and oxygen atoms in total. The average Bonchev–Trinajstić information content (AvgIpc) is 2.48. The van der Waals surface area contributed by atoms with Crippen molar-refractivity contribution >= 4 is 11.9 Å². The van der Waals surface area contributed by atoms with E-state index in [-0.39, 0.29) is 5.41 Å². The largest absolute Gasteiger partial charge is 0.492 e. The Morgan fingerprint density at radius 2 is 1.57 bits per heavy atom. The summed E-state index contributed by atoms with van der Waals surface area (Å²) in [5.74, 6) is -2.69. The van der Waals surface area contributed by atoms with Gasteiger partial charge in [0.25, 0.3) is 0 Å². The van der Waals surface area contributed by atoms with Crippen LogP contribution in [0.25, 0.3) is 0 Å². The van der Waals surface area contributed by atoms with E-state index in [1.54, 1.807) is 0 Å². The molecule has 1 aromatic rings. The van der Waals surface area contributed by atoms with Gasteiger partial charge in [-0.05, 0) is 43.6 Å². The molecule has 2 N–H and O–H groups in total. The molecule has 0 radical (unpaired) electrons. The van der Waals surface area contributed by atoms with Gasteiger partial charge in [0.1, 0.15) is 12.4 Å². The first-order valence-electron chi connectivity index (χ1n) is 7.44. The fraction of sp³-hybridized carbons (Fsp3) is 0.529. The summed E-state index contributed by atoms with van der Waals surface area (Å²) >= 11 is 0. The predicted molar refractivity (Wildman–Crippen MR) is 89.1 cm³/mol. The number of carboxylic acids is 2. The highest BCUT2D eigenvalue weighted by atomic mass is 16.5. The SMILES string of the molecule is CCC(C)(C)c1ccc(OCCN(C)C)cc1.O=C(O)C(=O)O. The van der Waals surface area contributed by atoms with Crippen LogP contribution in [-0.2, 0) is 15.0 Å². The summed E-state index contributed by atoms with van der Waals surface area (Å²) < 4.78 is 5.68. The third-order valence-corrected chi connectivity index (χ3v) is 3.51. The minimum atomic E-state index is -1.82. The van der Waals surface area contributed by atoms with Gasteiger partial charge in [0.05, 0.1) is 0 Å². The van der Waals surface area contributed by atoms with E-state index in [0.717, 1.165) is 25.3 Å². The number of benzene rings is 1. The molecule has 0 aliphatic carbocycles. The fourth-order valence-electron chi connectivity index (χ4n) is 1.55. The zero-order chi connectivity index (χ0) is 18.0. The third-order valence-electron chi connectivity index (χ3n) is 3.51. The van der Waals surface area contributed by atoms with E-state index < -0.39 is 11.9 Å². The Bertz CT molecular complexity index is 482. The molecule has 0 atom stereocenters. The molecule has 0 saturated carbocycles. The van der Waals surface area contributed by atoms with Gasteiger partial charge in [0.2, 0.25) is 0 Å². The van der Waals surface area contributed by atoms with Gasteiger partial charge in [0.15, 0.2) is 0 Å². The highest BCUT2D eigenvalue weighted by molar-refractivity contribution is 6.27. The quantitative estimate of drug-likeness (QED) is 0.781. The molecular weight excluding hydrogens is 298 g/mol. The van der Waals surface area contributed by atoms with E-state index in [1.165, 1.54) is 5.56 Å². The number of hydrogen-bond acceptors (Lipinski definition) is 4. The lowest BCUT2D eigenvalue weighted by Crippen LogP contribution is -2.19. The summed E-state index contributed by atoms with van der Waals surface area (Å²) in [5.41, 5.74) is 1.63. The molecule has 6 heteroatoms. The standard InChI is InChI=1S/C15H25NO.C2H2O4/c1-6-15(2,3)13-7-9-14(10-8-13)17-12-11-16(4)5;3-1(4)2(5)6/h7-10H,6,11-12H2,1-5H3;(H,3,4)(H,5,6). The lowest BCUT2D eigenvalue weighted by atomic mass is 9.82. The first-order valence-corrected chi connectivity index (χ1v) is 7.44. The molecule has 130 valence electrons. The van der Waals surface area contributed by atoms with Gasteiger partial charge in [-0.3, -0.25) is 0 Å². The van der Waals surface area contributed by atoms with Crippen molar-refractivity contribution in [1.82, 2.24) is 4.90 Å². The van der Waals surface area contributed by atoms with Crippen LogP contribution in [0, 0.1) is 0 Å². The Labute approximate surface area is 137 Å². The molecule has 1 rings (SSSR count). The van der Waals surface area contributed by atoms with Crippen molar-refractivity contribution in [3.8, 4) is 5.75 Å². The fourth-order valence-corrected chi connectivity index (χ4v) is 1.55. The molecule has 23 heavy (non-hydrogen) atoms. The molecule has 0 aromatic heterocycles. The van der Waals surface area contributed by atoms with Gasteiger partial charge >= 0.3 is 11.9 Å². The van der Waals surface area contributed by atoms with E-state index in [9.17, 15) is 0 Å². The number of carboxylic acid groups (broad SMARTS) is 2. The molecule has 0 aliphatic rings. The summed E-state index contributed by atoms with van der Waals surface area (Å²) in [6, 6.07) is 8.49. The van der Waals surface area contributed by atoms with E-state index in [0.29, 0.717) is 0 Å². The highest BCUT2D eigenvalue weighted by Crippen LogP contribution is 2.27. The second-order valence-electron chi connectivity index (χ2n) is 6.02. The Morgan fingerprint density at radius 1 is 1.09 bits per heavy atom. The smallest absolute Gasteiger partial charge is 0.414 e. The highest BCUT2D eigenvalue weighted by Gasteiger charge is 2.17. The molecule has 0 bridgehead atoms. The van der Waals surface area contributed by atoms with Crippen molar-refractivity contribution in [1.29, 1.82) is 0 Å². The van der Waals surface area contributed by atoms with Gasteiger partial charge in [-0.15, -0.1) is 0 Å². The zero-order valence-corrected chi connectivity index (χ0v) is 14.5. The molecule has 0 heterocycles. The molecule has 0 unspecified atom stereocenters. The molecule has 0 aliphatic heterocycles. The summed E-state index contributed by atoms with van der Waals surface area (Å²) in [4.78, 5) is 20.3. The molecule has 0 amide bonds. The molecular formula is C17H27NO5. The van der Waals surface area contributed by atoms with Crippen LogP contribution in [0.15, 0.2) is 24.3 Å². The maximum absolute atomic E-state index is 9.10. The van der Waals surface area contributed by atoms with Crippen molar-refractivity contribution in [2.24, 2.45) is 0 Å². The van der Waals surface area contributed by atoms with Crippen molar-refractivity contribution in [3.63, 3.8) is 0 Å². The van der Waals surface area contributed by atoms with Gasteiger partial charge in [-0.2, -0.15) is 0 Å². The summed E-state index contributed by atoms with van der Waals surface area (Å²) in [7, 11) is 4.10. The number of aliphatic carboxylic acids is 2. The first-order chi connectivity index (χ1) is 10.6. The number of likely N-dealkylation sites (N-methyl/N-ethyl adjacent to an activating group) is 1. The number of hydrogen-bond donors (Lipinski definition) is 2. The Hall–Kier alpha value is -2.08. The second kappa shape index (κ2) is 9.84. The molecule has 0 saturated heterocycles. The van der Waals surface area contributed by atoms with E-state index in [1.807, 2.05) is 0 Å². The Balaban J connectivity index is 0.000000688. The van der Waals surface area contributed by atoms with Crippen molar-refractivity contribution in [2.45, 2.75) is 32.6 Å². The lowest BCUT2D eigenvalue weighted by Gasteiger charge is -2.23. The van der Waals surface area contributed by atoms with Crippen molar-refractivity contribution < 1.29 is 24.5 Å². The minimum Gasteiger partial charge on any atom is -0.492 e. The number of ether oxygens (including phenoxy) is 1. The van der Waals surface area contributed by atoms with Gasteiger partial charge in [-0.1, -0.05) is 32.9 Å². The topological polar surface area (TPSA) is 87.1 Å². The van der Waals surface area contributed by atoms with Gasteiger partial charge in [0, 0.05) is 6.54 Å². The van der Waals surface area contributed by atoms with Crippen LogP contribution in [0.4, 0.5) is 0 Å². The number of nitrogens with zero attached hydrogens (tertiary/aromatic N) is 1. The normalized spacial score (nSPS) is 10.7. The maximum atomic E-state index is 9.10. The predicted octanol–water partition coefficient (Wildman–Crippen LogP) is 2.47. The van der Waals surface area contributed by atoms with Crippen LogP contribution < -0.4 is 4.74 Å². The zero-order valence-electron chi connectivity index (χ0n) is 14.5. The van der Waals surface area contributed by atoms with Gasteiger partial charge in [-0.25, -0.2) is 9.59 Å². The maximum Gasteiger partial charge on any atom is 0.414 e. The lowest BCUT2D eigenvalue weighted by molar-refractivity contribution is -0.159. The monoisotopic (exact) mass is 325 g/mol. The van der Waals surface area contributed by atoms with Crippen molar-refractivity contribution in [3.05, 3.63) is 29.8 Å². The second-order valence-corrected chi connectivity index (χ2v) is 6.02. The summed E-state index contributed by atoms with van der Waals surface area (Å²) in [5, 5.41) is 14.8. The Kier molecular flexibility index (Phi) is 8.95. The average molecular weight is 325 g/mol. The minimum absolute atomic E-state index is 0.252. The molecule has 0 fully saturated rings. The van der Waals surface area contributed by atoms with E-state index >= 15 is 0 Å². The van der Waals surface area contributed by atoms with Crippen LogP contribution in [0.3, 0.4) is 0 Å². The summed E-state index contributed by atoms with van der Waals surface area (Å²) in [6.07, 6.45) is 1.15.